The molecule has 1 fully saturated rings. The molecule has 2 aromatic rings. The SMILES string of the molecule is COc1cc(OCc2nc(C(=O)N3C[C@H](O)[C@@H]3C)co2)ccn1. The quantitative estimate of drug-likeness (QED) is 0.873. The molecule has 0 spiro atoms. The first-order valence-corrected chi connectivity index (χ1v) is 7.14. The Balaban J connectivity index is 1.60. The molecule has 0 aliphatic carbocycles. The van der Waals surface area contributed by atoms with Crippen LogP contribution in [-0.2, 0) is 6.61 Å². The highest BCUT2D eigenvalue weighted by molar-refractivity contribution is 5.92. The van der Waals surface area contributed by atoms with Gasteiger partial charge in [-0.15, -0.1) is 0 Å². The van der Waals surface area contributed by atoms with E-state index in [4.69, 9.17) is 13.9 Å². The number of rotatable bonds is 5. The molecule has 23 heavy (non-hydrogen) atoms. The second-order valence-corrected chi connectivity index (χ2v) is 5.21. The number of likely N-dealkylation sites (tertiary alicyclic amines) is 1. The molecule has 1 aliphatic heterocycles. The van der Waals surface area contributed by atoms with Crippen LogP contribution >= 0.6 is 0 Å². The number of ether oxygens (including phenoxy) is 2. The van der Waals surface area contributed by atoms with Crippen molar-refractivity contribution in [2.24, 2.45) is 0 Å². The number of β-amino-alcohol motifs (C(OH)–C–C–N with tert-alkyl or cyclic N) is 1. The summed E-state index contributed by atoms with van der Waals surface area (Å²) in [6.45, 7) is 2.18. The Hall–Kier alpha value is -2.61. The number of carbonyl (C=O) groups is 1. The summed E-state index contributed by atoms with van der Waals surface area (Å²) in [5.74, 6) is 1.03. The first kappa shape index (κ1) is 15.3. The van der Waals surface area contributed by atoms with Gasteiger partial charge in [0.05, 0.1) is 19.3 Å². The van der Waals surface area contributed by atoms with Crippen LogP contribution in [0.2, 0.25) is 0 Å². The van der Waals surface area contributed by atoms with Gasteiger partial charge >= 0.3 is 0 Å². The molecule has 0 aromatic carbocycles. The molecule has 0 bridgehead atoms. The smallest absolute Gasteiger partial charge is 0.276 e. The summed E-state index contributed by atoms with van der Waals surface area (Å²) in [5.41, 5.74) is 0.203. The third-order valence-electron chi connectivity index (χ3n) is 3.74. The first-order valence-electron chi connectivity index (χ1n) is 7.14. The fourth-order valence-corrected chi connectivity index (χ4v) is 2.22. The van der Waals surface area contributed by atoms with Gasteiger partial charge in [-0.2, -0.15) is 0 Å². The van der Waals surface area contributed by atoms with Crippen molar-refractivity contribution in [3.8, 4) is 11.6 Å². The summed E-state index contributed by atoms with van der Waals surface area (Å²) in [7, 11) is 1.52. The third-order valence-corrected chi connectivity index (χ3v) is 3.74. The van der Waals surface area contributed by atoms with Crippen LogP contribution in [-0.4, -0.2) is 51.7 Å². The number of pyridine rings is 1. The van der Waals surface area contributed by atoms with E-state index in [9.17, 15) is 9.90 Å². The van der Waals surface area contributed by atoms with Crippen molar-refractivity contribution < 1.29 is 23.8 Å². The Morgan fingerprint density at radius 1 is 1.57 bits per heavy atom. The summed E-state index contributed by atoms with van der Waals surface area (Å²) in [6, 6.07) is 3.11. The Morgan fingerprint density at radius 3 is 3.09 bits per heavy atom. The number of aliphatic hydroxyl groups is 1. The number of aliphatic hydroxyl groups excluding tert-OH is 1. The van der Waals surface area contributed by atoms with Crippen LogP contribution in [0.5, 0.6) is 11.6 Å². The minimum atomic E-state index is -0.477. The van der Waals surface area contributed by atoms with Crippen molar-refractivity contribution in [2.75, 3.05) is 13.7 Å². The van der Waals surface area contributed by atoms with Gasteiger partial charge in [-0.25, -0.2) is 9.97 Å². The first-order chi connectivity index (χ1) is 11.1. The Kier molecular flexibility index (Phi) is 4.16. The molecule has 3 heterocycles. The van der Waals surface area contributed by atoms with Crippen molar-refractivity contribution in [3.05, 3.63) is 36.2 Å². The molecule has 0 saturated carbocycles. The van der Waals surface area contributed by atoms with Gasteiger partial charge in [0, 0.05) is 18.8 Å². The lowest BCUT2D eigenvalue weighted by Gasteiger charge is -2.42. The maximum absolute atomic E-state index is 12.2. The van der Waals surface area contributed by atoms with Gasteiger partial charge < -0.3 is 23.9 Å². The predicted molar refractivity (Wildman–Crippen MR) is 78.1 cm³/mol. The Labute approximate surface area is 132 Å². The van der Waals surface area contributed by atoms with E-state index in [-0.39, 0.29) is 30.1 Å². The van der Waals surface area contributed by atoms with Crippen LogP contribution in [0.15, 0.2) is 29.0 Å². The lowest BCUT2D eigenvalue weighted by Crippen LogP contribution is -2.60. The van der Waals surface area contributed by atoms with E-state index in [2.05, 4.69) is 9.97 Å². The van der Waals surface area contributed by atoms with Gasteiger partial charge in [0.15, 0.2) is 12.3 Å². The zero-order valence-electron chi connectivity index (χ0n) is 12.8. The number of aromatic nitrogens is 2. The molecule has 8 nitrogen and oxygen atoms in total. The zero-order chi connectivity index (χ0) is 16.4. The Bertz CT molecular complexity index is 702. The van der Waals surface area contributed by atoms with E-state index in [1.54, 1.807) is 30.2 Å². The molecule has 1 saturated heterocycles. The van der Waals surface area contributed by atoms with E-state index in [1.165, 1.54) is 13.4 Å². The Morgan fingerprint density at radius 2 is 2.39 bits per heavy atom. The molecule has 2 aromatic heterocycles. The lowest BCUT2D eigenvalue weighted by molar-refractivity contribution is -0.0360. The number of oxazole rings is 1. The summed E-state index contributed by atoms with van der Waals surface area (Å²) in [6.07, 6.45) is 2.39. The summed E-state index contributed by atoms with van der Waals surface area (Å²) in [5, 5.41) is 9.47. The second kappa shape index (κ2) is 6.25. The standard InChI is InChI=1S/C15H17N3O5/c1-9-12(19)6-18(9)15(20)11-7-23-14(17-11)8-22-10-3-4-16-13(5-10)21-2/h3-5,7,9,12,19H,6,8H2,1-2H3/t9-,12-/m0/s1. The molecule has 2 atom stereocenters. The number of carbonyl (C=O) groups excluding carboxylic acids is 1. The third kappa shape index (κ3) is 3.11. The van der Waals surface area contributed by atoms with Crippen LogP contribution in [0, 0.1) is 0 Å². The second-order valence-electron chi connectivity index (χ2n) is 5.21. The van der Waals surface area contributed by atoms with Crippen molar-refractivity contribution >= 4 is 5.91 Å². The van der Waals surface area contributed by atoms with Crippen molar-refractivity contribution in [1.29, 1.82) is 0 Å². The van der Waals surface area contributed by atoms with Crippen molar-refractivity contribution in [2.45, 2.75) is 25.7 Å². The monoisotopic (exact) mass is 319 g/mol. The molecular weight excluding hydrogens is 302 g/mol. The average Bonchev–Trinajstić information content (AvgIpc) is 3.06. The van der Waals surface area contributed by atoms with Gasteiger partial charge in [-0.3, -0.25) is 4.79 Å². The highest BCUT2D eigenvalue weighted by atomic mass is 16.5. The van der Waals surface area contributed by atoms with E-state index in [0.717, 1.165) is 0 Å². The largest absolute Gasteiger partial charge is 0.484 e. The lowest BCUT2D eigenvalue weighted by atomic mass is 10.0. The van der Waals surface area contributed by atoms with Crippen LogP contribution in [0.4, 0.5) is 0 Å². The number of nitrogens with zero attached hydrogens (tertiary/aromatic N) is 3. The van der Waals surface area contributed by atoms with Gasteiger partial charge in [0.25, 0.3) is 5.91 Å². The fraction of sp³-hybridized carbons (Fsp3) is 0.400. The molecule has 0 unspecified atom stereocenters. The molecule has 1 N–H and O–H groups in total. The van der Waals surface area contributed by atoms with Crippen molar-refractivity contribution in [1.82, 2.24) is 14.9 Å². The minimum Gasteiger partial charge on any atom is -0.484 e. The molecule has 0 radical (unpaired) electrons. The van der Waals surface area contributed by atoms with E-state index >= 15 is 0 Å². The molecule has 1 aliphatic rings. The summed E-state index contributed by atoms with van der Waals surface area (Å²) < 4.78 is 15.8. The molecular formula is C15H17N3O5. The normalized spacial score (nSPS) is 20.0. The van der Waals surface area contributed by atoms with E-state index in [0.29, 0.717) is 18.2 Å². The van der Waals surface area contributed by atoms with E-state index < -0.39 is 6.10 Å². The maximum Gasteiger partial charge on any atom is 0.276 e. The minimum absolute atomic E-state index is 0.0820. The van der Waals surface area contributed by atoms with Gasteiger partial charge in [-0.1, -0.05) is 0 Å². The maximum atomic E-state index is 12.2. The van der Waals surface area contributed by atoms with E-state index in [1.807, 2.05) is 0 Å². The molecule has 3 rings (SSSR count). The van der Waals surface area contributed by atoms with Crippen LogP contribution < -0.4 is 9.47 Å². The molecule has 1 amide bonds. The zero-order valence-corrected chi connectivity index (χ0v) is 12.8. The van der Waals surface area contributed by atoms with Crippen LogP contribution in [0.3, 0.4) is 0 Å². The number of amides is 1. The summed E-state index contributed by atoms with van der Waals surface area (Å²) >= 11 is 0. The van der Waals surface area contributed by atoms with Gasteiger partial charge in [0.2, 0.25) is 11.8 Å². The number of methoxy groups -OCH3 is 1. The topological polar surface area (TPSA) is 97.9 Å². The van der Waals surface area contributed by atoms with Gasteiger partial charge in [-0.05, 0) is 13.0 Å². The fourth-order valence-electron chi connectivity index (χ4n) is 2.22. The number of hydrogen-bond donors (Lipinski definition) is 1. The average molecular weight is 319 g/mol. The van der Waals surface area contributed by atoms with Gasteiger partial charge in [0.1, 0.15) is 12.0 Å². The van der Waals surface area contributed by atoms with Crippen molar-refractivity contribution in [3.63, 3.8) is 0 Å². The predicted octanol–water partition coefficient (Wildman–Crippen LogP) is 0.862. The van der Waals surface area contributed by atoms with Crippen LogP contribution in [0.1, 0.15) is 23.3 Å². The molecule has 8 heteroatoms. The van der Waals surface area contributed by atoms with Crippen LogP contribution in [0.25, 0.3) is 0 Å². The number of hydrogen-bond acceptors (Lipinski definition) is 7. The summed E-state index contributed by atoms with van der Waals surface area (Å²) in [4.78, 5) is 21.8. The highest BCUT2D eigenvalue weighted by Gasteiger charge is 2.38. The molecule has 122 valence electrons. The highest BCUT2D eigenvalue weighted by Crippen LogP contribution is 2.21.